The van der Waals surface area contributed by atoms with Gasteiger partial charge in [-0.25, -0.2) is 0 Å². The van der Waals surface area contributed by atoms with Crippen molar-refractivity contribution in [1.29, 1.82) is 0 Å². The molecule has 8 heteroatoms. The zero-order chi connectivity index (χ0) is 26.1. The Bertz CT molecular complexity index is 1100. The van der Waals surface area contributed by atoms with E-state index in [2.05, 4.69) is 60.4 Å². The van der Waals surface area contributed by atoms with Crippen molar-refractivity contribution < 1.29 is 9.59 Å². The van der Waals surface area contributed by atoms with Crippen LogP contribution >= 0.6 is 0 Å². The Morgan fingerprint density at radius 2 is 1.86 bits per heavy atom. The molecule has 1 aromatic carbocycles. The van der Waals surface area contributed by atoms with Gasteiger partial charge in [-0.1, -0.05) is 6.92 Å². The van der Waals surface area contributed by atoms with Crippen molar-refractivity contribution in [1.82, 2.24) is 25.3 Å². The molecule has 2 aromatic rings. The van der Waals surface area contributed by atoms with E-state index in [9.17, 15) is 9.59 Å². The first kappa shape index (κ1) is 26.5. The van der Waals surface area contributed by atoms with Crippen LogP contribution in [0.5, 0.6) is 0 Å². The van der Waals surface area contributed by atoms with Gasteiger partial charge in [0.05, 0.1) is 23.3 Å². The molecule has 36 heavy (non-hydrogen) atoms. The van der Waals surface area contributed by atoms with E-state index in [1.807, 2.05) is 30.9 Å². The van der Waals surface area contributed by atoms with Crippen molar-refractivity contribution in [3.05, 3.63) is 23.4 Å². The van der Waals surface area contributed by atoms with Gasteiger partial charge >= 0.3 is 0 Å². The summed E-state index contributed by atoms with van der Waals surface area (Å²) in [6.45, 7) is 9.62. The van der Waals surface area contributed by atoms with Gasteiger partial charge < -0.3 is 20.4 Å². The third kappa shape index (κ3) is 5.10. The summed E-state index contributed by atoms with van der Waals surface area (Å²) in [5.41, 5.74) is 3.73. The minimum absolute atomic E-state index is 0.0338. The highest BCUT2D eigenvalue weighted by Crippen LogP contribution is 2.37. The molecule has 1 saturated carbocycles. The van der Waals surface area contributed by atoms with Crippen LogP contribution in [0.2, 0.25) is 0 Å². The number of anilines is 1. The van der Waals surface area contributed by atoms with Crippen molar-refractivity contribution >= 4 is 28.4 Å². The number of aromatic nitrogens is 2. The predicted octanol–water partition coefficient (Wildman–Crippen LogP) is 3.47. The van der Waals surface area contributed by atoms with E-state index < -0.39 is 0 Å². The Labute approximate surface area is 215 Å². The highest BCUT2D eigenvalue weighted by atomic mass is 16.2. The van der Waals surface area contributed by atoms with E-state index in [-0.39, 0.29) is 29.7 Å². The molecule has 0 spiro atoms. The highest BCUT2D eigenvalue weighted by Gasteiger charge is 2.33. The summed E-state index contributed by atoms with van der Waals surface area (Å²) in [6.07, 6.45) is 7.51. The number of hydrogen-bond donors (Lipinski definition) is 2. The molecule has 1 aromatic heterocycles. The molecule has 2 fully saturated rings. The van der Waals surface area contributed by atoms with Crippen LogP contribution in [0.1, 0.15) is 68.8 Å². The summed E-state index contributed by atoms with van der Waals surface area (Å²) in [5, 5.41) is 11.8. The van der Waals surface area contributed by atoms with Gasteiger partial charge in [0.2, 0.25) is 5.91 Å². The van der Waals surface area contributed by atoms with Crippen LogP contribution in [0.15, 0.2) is 12.3 Å². The summed E-state index contributed by atoms with van der Waals surface area (Å²) in [6, 6.07) is 3.23. The van der Waals surface area contributed by atoms with Crippen molar-refractivity contribution in [3.63, 3.8) is 0 Å². The Morgan fingerprint density at radius 1 is 1.19 bits per heavy atom. The van der Waals surface area contributed by atoms with E-state index in [4.69, 9.17) is 0 Å². The van der Waals surface area contributed by atoms with Gasteiger partial charge in [0.1, 0.15) is 0 Å². The molecule has 2 heterocycles. The number of rotatable bonds is 7. The topological polar surface area (TPSA) is 82.5 Å². The van der Waals surface area contributed by atoms with E-state index in [1.165, 1.54) is 12.8 Å². The minimum atomic E-state index is -0.204. The summed E-state index contributed by atoms with van der Waals surface area (Å²) in [7, 11) is 6.27. The average Bonchev–Trinajstić information content (AvgIpc) is 3.20. The molecule has 3 unspecified atom stereocenters. The number of hydrogen-bond acceptors (Lipinski definition) is 5. The van der Waals surface area contributed by atoms with Crippen LogP contribution in [-0.4, -0.2) is 71.8 Å². The lowest BCUT2D eigenvalue weighted by Crippen LogP contribution is -2.50. The number of carbonyl (C=O) groups excluding carboxylic acids is 2. The van der Waals surface area contributed by atoms with Crippen LogP contribution in [0.25, 0.3) is 10.9 Å². The molecule has 8 nitrogen and oxygen atoms in total. The van der Waals surface area contributed by atoms with Gasteiger partial charge in [0, 0.05) is 49.2 Å². The molecule has 0 bridgehead atoms. The molecule has 198 valence electrons. The van der Waals surface area contributed by atoms with E-state index in [0.29, 0.717) is 24.2 Å². The molecule has 1 aliphatic carbocycles. The zero-order valence-corrected chi connectivity index (χ0v) is 23.1. The number of carbonyl (C=O) groups is 2. The summed E-state index contributed by atoms with van der Waals surface area (Å²) in [5.74, 6) is -0.0584. The largest absolute Gasteiger partial charge is 0.368 e. The summed E-state index contributed by atoms with van der Waals surface area (Å²) >= 11 is 0. The fraction of sp³-hybridized carbons (Fsp3) is 0.679. The monoisotopic (exact) mass is 496 g/mol. The third-order valence-corrected chi connectivity index (χ3v) is 8.61. The number of piperidine rings is 1. The summed E-state index contributed by atoms with van der Waals surface area (Å²) in [4.78, 5) is 30.9. The second-order valence-electron chi connectivity index (χ2n) is 11.2. The molecule has 2 amide bonds. The molecule has 0 radical (unpaired) electrons. The number of benzene rings is 1. The van der Waals surface area contributed by atoms with Crippen molar-refractivity contribution in [2.45, 2.75) is 77.9 Å². The molecular formula is C28H44N6O2. The maximum absolute atomic E-state index is 13.5. The number of fused-ring (bicyclic) bond motifs is 1. The van der Waals surface area contributed by atoms with Crippen molar-refractivity contribution in [2.75, 3.05) is 32.1 Å². The number of nitrogens with one attached hydrogen (secondary N) is 2. The van der Waals surface area contributed by atoms with E-state index in [1.54, 1.807) is 0 Å². The molecule has 2 aliphatic rings. The second-order valence-corrected chi connectivity index (χ2v) is 11.2. The first-order valence-electron chi connectivity index (χ1n) is 13.6. The Kier molecular flexibility index (Phi) is 7.93. The van der Waals surface area contributed by atoms with Crippen LogP contribution in [0, 0.1) is 18.8 Å². The standard InChI is InChI=1S/C28H44N6O2/c1-8-34(21-11-9-20(10-12-21)32(5)6)26-19(4)22(14-25-24(26)16-30-33(25)7)27(35)29-15-23-17(2)13-18(3)31-28(23)36/h14,16-18,20-21,23H,8-13,15H2,1-7H3,(H,29,35)(H,31,36). The Hall–Kier alpha value is -2.61. The quantitative estimate of drug-likeness (QED) is 0.613. The fourth-order valence-corrected chi connectivity index (χ4v) is 6.45. The molecular weight excluding hydrogens is 452 g/mol. The van der Waals surface area contributed by atoms with Crippen molar-refractivity contribution in [3.8, 4) is 0 Å². The van der Waals surface area contributed by atoms with Gasteiger partial charge in [-0.05, 0) is 84.5 Å². The average molecular weight is 497 g/mol. The van der Waals surface area contributed by atoms with Gasteiger partial charge in [0.15, 0.2) is 0 Å². The van der Waals surface area contributed by atoms with Gasteiger partial charge in [-0.15, -0.1) is 0 Å². The van der Waals surface area contributed by atoms with E-state index >= 15 is 0 Å². The molecule has 1 aliphatic heterocycles. The van der Waals surface area contributed by atoms with Crippen LogP contribution in [0.3, 0.4) is 0 Å². The maximum atomic E-state index is 13.5. The smallest absolute Gasteiger partial charge is 0.251 e. The normalized spacial score (nSPS) is 26.8. The van der Waals surface area contributed by atoms with Gasteiger partial charge in [-0.2, -0.15) is 5.10 Å². The number of nitrogens with zero attached hydrogens (tertiary/aromatic N) is 4. The van der Waals surface area contributed by atoms with Crippen molar-refractivity contribution in [2.24, 2.45) is 18.9 Å². The highest BCUT2D eigenvalue weighted by molar-refractivity contribution is 6.05. The predicted molar refractivity (Wildman–Crippen MR) is 145 cm³/mol. The van der Waals surface area contributed by atoms with Crippen LogP contribution in [0.4, 0.5) is 5.69 Å². The van der Waals surface area contributed by atoms with Crippen LogP contribution in [-0.2, 0) is 11.8 Å². The molecule has 1 saturated heterocycles. The van der Waals surface area contributed by atoms with Crippen LogP contribution < -0.4 is 15.5 Å². The lowest BCUT2D eigenvalue weighted by Gasteiger charge is -2.40. The fourth-order valence-electron chi connectivity index (χ4n) is 6.45. The lowest BCUT2D eigenvalue weighted by molar-refractivity contribution is -0.129. The second kappa shape index (κ2) is 10.8. The first-order chi connectivity index (χ1) is 17.1. The molecule has 2 N–H and O–H groups in total. The Balaban J connectivity index is 1.62. The molecule has 4 rings (SSSR count). The van der Waals surface area contributed by atoms with Gasteiger partial charge in [-0.3, -0.25) is 14.3 Å². The lowest BCUT2D eigenvalue weighted by atomic mass is 9.84. The van der Waals surface area contributed by atoms with E-state index in [0.717, 1.165) is 48.0 Å². The zero-order valence-electron chi connectivity index (χ0n) is 23.1. The Morgan fingerprint density at radius 3 is 2.47 bits per heavy atom. The molecule has 3 atom stereocenters. The maximum Gasteiger partial charge on any atom is 0.251 e. The van der Waals surface area contributed by atoms with Gasteiger partial charge in [0.25, 0.3) is 5.91 Å². The summed E-state index contributed by atoms with van der Waals surface area (Å²) < 4.78 is 1.85. The SMILES string of the molecule is CCN(c1c(C)c(C(=O)NCC2C(=O)NC(C)CC2C)cc2c1cnn2C)C1CCC(N(C)C)CC1. The third-order valence-electron chi connectivity index (χ3n) is 8.61. The number of amides is 2. The number of aryl methyl sites for hydroxylation is 1. The first-order valence-corrected chi connectivity index (χ1v) is 13.6. The minimum Gasteiger partial charge on any atom is -0.368 e.